The third-order valence-corrected chi connectivity index (χ3v) is 4.64. The highest BCUT2D eigenvalue weighted by atomic mass is 16.7. The zero-order valence-electron chi connectivity index (χ0n) is 14.9. The van der Waals surface area contributed by atoms with Crippen LogP contribution in [0, 0.1) is 0 Å². The summed E-state index contributed by atoms with van der Waals surface area (Å²) in [5.74, 6) is 0.679. The van der Waals surface area contributed by atoms with Crippen LogP contribution in [0.2, 0.25) is 0 Å². The number of benzene rings is 2. The summed E-state index contributed by atoms with van der Waals surface area (Å²) in [6.07, 6.45) is 0. The Balaban J connectivity index is 1.82. The molecule has 2 aliphatic heterocycles. The molecule has 2 heterocycles. The average molecular weight is 366 g/mol. The first kappa shape index (κ1) is 17.0. The van der Waals surface area contributed by atoms with Crippen LogP contribution in [0.4, 0.5) is 10.5 Å². The summed E-state index contributed by atoms with van der Waals surface area (Å²) in [6, 6.07) is 13.6. The fraction of sp³-hybridized carbons (Fsp3) is 0.200. The molecule has 0 fully saturated rings. The zero-order chi connectivity index (χ0) is 19.0. The number of nitrogens with zero attached hydrogens (tertiary/aromatic N) is 1. The lowest BCUT2D eigenvalue weighted by atomic mass is 9.94. The van der Waals surface area contributed by atoms with E-state index in [0.29, 0.717) is 28.5 Å². The first-order valence-corrected chi connectivity index (χ1v) is 8.44. The minimum absolute atomic E-state index is 0.142. The molecule has 2 aliphatic rings. The molecule has 2 aromatic rings. The number of esters is 1. The first-order valence-electron chi connectivity index (χ1n) is 8.44. The number of fused-ring (bicyclic) bond motifs is 1. The molecule has 27 heavy (non-hydrogen) atoms. The summed E-state index contributed by atoms with van der Waals surface area (Å²) < 4.78 is 15.7. The monoisotopic (exact) mass is 366 g/mol. The molecule has 0 aromatic heterocycles. The molecule has 1 N–H and O–H groups in total. The van der Waals surface area contributed by atoms with Crippen LogP contribution in [-0.4, -0.2) is 25.9 Å². The van der Waals surface area contributed by atoms with Crippen LogP contribution >= 0.6 is 0 Å². The van der Waals surface area contributed by atoms with E-state index in [9.17, 15) is 9.59 Å². The average Bonchev–Trinajstić information content (AvgIpc) is 3.15. The molecule has 4 rings (SSSR count). The van der Waals surface area contributed by atoms with E-state index in [0.717, 1.165) is 5.56 Å². The highest BCUT2D eigenvalue weighted by Gasteiger charge is 2.37. The fourth-order valence-electron chi connectivity index (χ4n) is 3.35. The van der Waals surface area contributed by atoms with E-state index in [1.807, 2.05) is 30.3 Å². The maximum Gasteiger partial charge on any atom is 0.337 e. The topological polar surface area (TPSA) is 77.1 Å². The number of ether oxygens (including phenoxy) is 3. The number of allylic oxidation sites excluding steroid dienone is 1. The first-order chi connectivity index (χ1) is 13.1. The molecule has 138 valence electrons. The van der Waals surface area contributed by atoms with Crippen LogP contribution in [0.15, 0.2) is 59.8 Å². The lowest BCUT2D eigenvalue weighted by Crippen LogP contribution is -2.48. The summed E-state index contributed by atoms with van der Waals surface area (Å²) >= 11 is 0. The maximum absolute atomic E-state index is 12.9. The number of rotatable bonds is 3. The molecule has 7 nitrogen and oxygen atoms in total. The van der Waals surface area contributed by atoms with Crippen LogP contribution in [-0.2, 0) is 9.53 Å². The minimum atomic E-state index is -0.587. The van der Waals surface area contributed by atoms with Crippen LogP contribution in [0.3, 0.4) is 0 Å². The van der Waals surface area contributed by atoms with Crippen molar-refractivity contribution in [2.75, 3.05) is 18.8 Å². The second kappa shape index (κ2) is 6.68. The Kier molecular flexibility index (Phi) is 4.19. The summed E-state index contributed by atoms with van der Waals surface area (Å²) in [5, 5.41) is 2.90. The van der Waals surface area contributed by atoms with Crippen LogP contribution in [0.25, 0.3) is 0 Å². The second-order valence-corrected chi connectivity index (χ2v) is 6.16. The Hall–Kier alpha value is -3.48. The van der Waals surface area contributed by atoms with Crippen molar-refractivity contribution in [3.63, 3.8) is 0 Å². The van der Waals surface area contributed by atoms with Crippen molar-refractivity contribution in [1.82, 2.24) is 5.32 Å². The van der Waals surface area contributed by atoms with Gasteiger partial charge in [0.2, 0.25) is 6.79 Å². The van der Waals surface area contributed by atoms with Gasteiger partial charge in [-0.2, -0.15) is 0 Å². The largest absolute Gasteiger partial charge is 0.466 e. The number of hydrogen-bond donors (Lipinski definition) is 1. The molecule has 0 radical (unpaired) electrons. The molecule has 7 heteroatoms. The van der Waals surface area contributed by atoms with Crippen molar-refractivity contribution in [3.8, 4) is 11.5 Å². The summed E-state index contributed by atoms with van der Waals surface area (Å²) in [7, 11) is 1.33. The van der Waals surface area contributed by atoms with E-state index in [4.69, 9.17) is 14.2 Å². The number of anilines is 1. The number of amides is 2. The lowest BCUT2D eigenvalue weighted by Gasteiger charge is -2.35. The van der Waals surface area contributed by atoms with E-state index >= 15 is 0 Å². The van der Waals surface area contributed by atoms with Gasteiger partial charge in [0.1, 0.15) is 0 Å². The molecule has 0 unspecified atom stereocenters. The van der Waals surface area contributed by atoms with Crippen molar-refractivity contribution < 1.29 is 23.8 Å². The van der Waals surface area contributed by atoms with Gasteiger partial charge in [0.25, 0.3) is 0 Å². The van der Waals surface area contributed by atoms with Gasteiger partial charge in [-0.25, -0.2) is 9.59 Å². The van der Waals surface area contributed by atoms with Crippen LogP contribution < -0.4 is 19.7 Å². The molecule has 2 amide bonds. The quantitative estimate of drug-likeness (QED) is 0.845. The number of methoxy groups -OCH3 is 1. The molecule has 0 spiro atoms. The fourth-order valence-corrected chi connectivity index (χ4v) is 3.35. The van der Waals surface area contributed by atoms with E-state index in [2.05, 4.69) is 5.32 Å². The van der Waals surface area contributed by atoms with E-state index in [1.54, 1.807) is 25.1 Å². The van der Waals surface area contributed by atoms with Gasteiger partial charge in [-0.1, -0.05) is 30.3 Å². The zero-order valence-corrected chi connectivity index (χ0v) is 14.9. The SMILES string of the molecule is COC(=O)C1=C(C)N(c2ccc3c(c2)OCO3)C(=O)N[C@@H]1c1ccccc1. The number of urea groups is 1. The predicted octanol–water partition coefficient (Wildman–Crippen LogP) is 3.13. The lowest BCUT2D eigenvalue weighted by molar-refractivity contribution is -0.136. The van der Waals surface area contributed by atoms with Crippen molar-refractivity contribution >= 4 is 17.7 Å². The van der Waals surface area contributed by atoms with Crippen molar-refractivity contribution in [2.24, 2.45) is 0 Å². The van der Waals surface area contributed by atoms with Crippen LogP contribution in [0.1, 0.15) is 18.5 Å². The molecule has 0 aliphatic carbocycles. The predicted molar refractivity (Wildman–Crippen MR) is 97.5 cm³/mol. The van der Waals surface area contributed by atoms with Gasteiger partial charge in [0, 0.05) is 11.8 Å². The van der Waals surface area contributed by atoms with E-state index < -0.39 is 12.0 Å². The van der Waals surface area contributed by atoms with E-state index in [1.165, 1.54) is 12.0 Å². The number of carbonyl (C=O) groups excluding carboxylic acids is 2. The van der Waals surface area contributed by atoms with Gasteiger partial charge in [0.05, 0.1) is 24.4 Å². The van der Waals surface area contributed by atoms with Gasteiger partial charge in [-0.05, 0) is 24.6 Å². The Bertz CT molecular complexity index is 939. The third-order valence-electron chi connectivity index (χ3n) is 4.64. The molecular formula is C20H18N2O5. The van der Waals surface area contributed by atoms with Gasteiger partial charge in [-0.3, -0.25) is 4.90 Å². The minimum Gasteiger partial charge on any atom is -0.466 e. The Morgan fingerprint density at radius 3 is 2.63 bits per heavy atom. The number of hydrogen-bond acceptors (Lipinski definition) is 5. The summed E-state index contributed by atoms with van der Waals surface area (Å²) in [6.45, 7) is 1.87. The van der Waals surface area contributed by atoms with Gasteiger partial charge >= 0.3 is 12.0 Å². The summed E-state index contributed by atoms with van der Waals surface area (Å²) in [5.41, 5.74) is 2.25. The molecule has 2 aromatic carbocycles. The highest BCUT2D eigenvalue weighted by Crippen LogP contribution is 2.39. The van der Waals surface area contributed by atoms with Crippen molar-refractivity contribution in [2.45, 2.75) is 13.0 Å². The van der Waals surface area contributed by atoms with Gasteiger partial charge < -0.3 is 19.5 Å². The molecular weight excluding hydrogens is 348 g/mol. The van der Waals surface area contributed by atoms with Gasteiger partial charge in [0.15, 0.2) is 11.5 Å². The Labute approximate surface area is 156 Å². The number of carbonyl (C=O) groups is 2. The normalized spacial score (nSPS) is 18.4. The molecule has 0 bridgehead atoms. The van der Waals surface area contributed by atoms with Crippen molar-refractivity contribution in [1.29, 1.82) is 0 Å². The Morgan fingerprint density at radius 1 is 1.15 bits per heavy atom. The highest BCUT2D eigenvalue weighted by molar-refractivity contribution is 6.03. The smallest absolute Gasteiger partial charge is 0.337 e. The van der Waals surface area contributed by atoms with Gasteiger partial charge in [-0.15, -0.1) is 0 Å². The second-order valence-electron chi connectivity index (χ2n) is 6.16. The van der Waals surface area contributed by atoms with E-state index in [-0.39, 0.29) is 12.8 Å². The maximum atomic E-state index is 12.9. The molecule has 1 atom stereocenters. The third kappa shape index (κ3) is 2.87. The standard InChI is InChI=1S/C20H18N2O5/c1-12-17(19(23)25-2)18(13-6-4-3-5-7-13)21-20(24)22(12)14-8-9-15-16(10-14)27-11-26-15/h3-10,18H,11H2,1-2H3,(H,21,24)/t18-/m1/s1. The molecule has 0 saturated heterocycles. The Morgan fingerprint density at radius 2 is 1.89 bits per heavy atom. The summed E-state index contributed by atoms with van der Waals surface area (Å²) in [4.78, 5) is 26.9. The number of nitrogens with one attached hydrogen (secondary N) is 1. The van der Waals surface area contributed by atoms with Crippen molar-refractivity contribution in [3.05, 3.63) is 65.4 Å². The van der Waals surface area contributed by atoms with Crippen LogP contribution in [0.5, 0.6) is 11.5 Å². The molecule has 0 saturated carbocycles.